The van der Waals surface area contributed by atoms with Gasteiger partial charge in [-0.05, 0) is 29.7 Å². The van der Waals surface area contributed by atoms with Gasteiger partial charge in [-0.15, -0.1) is 0 Å². The van der Waals surface area contributed by atoms with Crippen molar-refractivity contribution in [3.05, 3.63) is 70.8 Å². The minimum absolute atomic E-state index is 0.0535. The molecular formula is C18H20F2N2O. The first kappa shape index (κ1) is 17.1. The van der Waals surface area contributed by atoms with Crippen LogP contribution in [0.25, 0.3) is 0 Å². The van der Waals surface area contributed by atoms with Gasteiger partial charge in [0.2, 0.25) is 0 Å². The lowest BCUT2D eigenvalue weighted by atomic mass is 9.95. The Morgan fingerprint density at radius 1 is 1.13 bits per heavy atom. The summed E-state index contributed by atoms with van der Waals surface area (Å²) >= 11 is 0. The van der Waals surface area contributed by atoms with Crippen molar-refractivity contribution in [3.63, 3.8) is 0 Å². The Hall–Kier alpha value is -2.27. The van der Waals surface area contributed by atoms with Crippen molar-refractivity contribution in [2.24, 2.45) is 11.7 Å². The Kier molecular flexibility index (Phi) is 5.45. The molecule has 0 bridgehead atoms. The molecule has 0 heterocycles. The van der Waals surface area contributed by atoms with Gasteiger partial charge in [-0.1, -0.05) is 32.0 Å². The quantitative estimate of drug-likeness (QED) is 0.886. The Bertz CT molecular complexity index is 684. The van der Waals surface area contributed by atoms with Gasteiger partial charge < -0.3 is 11.1 Å². The third-order valence-corrected chi connectivity index (χ3v) is 3.70. The second kappa shape index (κ2) is 7.33. The average Bonchev–Trinajstić information content (AvgIpc) is 2.53. The number of amides is 1. The van der Waals surface area contributed by atoms with Crippen LogP contribution in [-0.2, 0) is 6.54 Å². The number of benzene rings is 2. The van der Waals surface area contributed by atoms with Crippen LogP contribution in [0.1, 0.15) is 41.4 Å². The molecule has 2 rings (SSSR count). The molecule has 0 radical (unpaired) electrons. The number of nitrogens with one attached hydrogen (secondary N) is 1. The van der Waals surface area contributed by atoms with E-state index in [9.17, 15) is 13.6 Å². The van der Waals surface area contributed by atoms with Gasteiger partial charge in [0.25, 0.3) is 5.91 Å². The van der Waals surface area contributed by atoms with Gasteiger partial charge in [0.1, 0.15) is 11.6 Å². The predicted molar refractivity (Wildman–Crippen MR) is 85.7 cm³/mol. The van der Waals surface area contributed by atoms with Crippen molar-refractivity contribution < 1.29 is 13.6 Å². The molecule has 0 aliphatic rings. The zero-order chi connectivity index (χ0) is 17.0. The Morgan fingerprint density at radius 3 is 2.30 bits per heavy atom. The SMILES string of the molecule is CC(C)C(NC(=O)c1ccc(CN)cc1)c1ccc(F)cc1F. The normalized spacial score (nSPS) is 12.3. The molecule has 0 saturated carbocycles. The highest BCUT2D eigenvalue weighted by molar-refractivity contribution is 5.94. The summed E-state index contributed by atoms with van der Waals surface area (Å²) in [5.74, 6) is -1.67. The summed E-state index contributed by atoms with van der Waals surface area (Å²) in [6, 6.07) is 9.74. The highest BCUT2D eigenvalue weighted by atomic mass is 19.1. The van der Waals surface area contributed by atoms with Gasteiger partial charge in [-0.25, -0.2) is 8.78 Å². The summed E-state index contributed by atoms with van der Waals surface area (Å²) < 4.78 is 27.1. The number of hydrogen-bond acceptors (Lipinski definition) is 2. The number of hydrogen-bond donors (Lipinski definition) is 2. The van der Waals surface area contributed by atoms with E-state index in [1.165, 1.54) is 12.1 Å². The molecule has 0 aliphatic heterocycles. The Morgan fingerprint density at radius 2 is 1.78 bits per heavy atom. The highest BCUT2D eigenvalue weighted by Crippen LogP contribution is 2.25. The van der Waals surface area contributed by atoms with Crippen molar-refractivity contribution in [2.45, 2.75) is 26.4 Å². The molecule has 3 nitrogen and oxygen atoms in total. The number of carbonyl (C=O) groups is 1. The van der Waals surface area contributed by atoms with Crippen LogP contribution in [0.4, 0.5) is 8.78 Å². The maximum absolute atomic E-state index is 14.0. The molecular weight excluding hydrogens is 298 g/mol. The summed E-state index contributed by atoms with van der Waals surface area (Å²) in [5.41, 5.74) is 7.19. The molecule has 0 aromatic heterocycles. The molecule has 23 heavy (non-hydrogen) atoms. The van der Waals surface area contributed by atoms with E-state index in [2.05, 4.69) is 5.32 Å². The van der Waals surface area contributed by atoms with Gasteiger partial charge in [0, 0.05) is 23.7 Å². The largest absolute Gasteiger partial charge is 0.345 e. The summed E-state index contributed by atoms with van der Waals surface area (Å²) in [6.45, 7) is 4.13. The second-order valence-corrected chi connectivity index (χ2v) is 5.76. The molecule has 0 spiro atoms. The molecule has 3 N–H and O–H groups in total. The van der Waals surface area contributed by atoms with Gasteiger partial charge in [-0.3, -0.25) is 4.79 Å². The van der Waals surface area contributed by atoms with Gasteiger partial charge in [0.05, 0.1) is 6.04 Å². The van der Waals surface area contributed by atoms with Crippen molar-refractivity contribution in [2.75, 3.05) is 0 Å². The summed E-state index contributed by atoms with van der Waals surface area (Å²) in [6.07, 6.45) is 0. The molecule has 0 fully saturated rings. The van der Waals surface area contributed by atoms with Crippen LogP contribution in [0, 0.1) is 17.6 Å². The monoisotopic (exact) mass is 318 g/mol. The maximum atomic E-state index is 14.0. The zero-order valence-corrected chi connectivity index (χ0v) is 13.1. The highest BCUT2D eigenvalue weighted by Gasteiger charge is 2.22. The number of halogens is 2. The minimum atomic E-state index is -0.664. The molecule has 1 unspecified atom stereocenters. The van der Waals surface area contributed by atoms with Crippen LogP contribution in [0.5, 0.6) is 0 Å². The van der Waals surface area contributed by atoms with E-state index in [0.29, 0.717) is 12.1 Å². The number of carbonyl (C=O) groups excluding carboxylic acids is 1. The molecule has 1 atom stereocenters. The zero-order valence-electron chi connectivity index (χ0n) is 13.1. The summed E-state index contributed by atoms with van der Waals surface area (Å²) in [4.78, 5) is 12.4. The van der Waals surface area contributed by atoms with Crippen molar-refractivity contribution in [1.29, 1.82) is 0 Å². The van der Waals surface area contributed by atoms with E-state index in [4.69, 9.17) is 5.73 Å². The third-order valence-electron chi connectivity index (χ3n) is 3.70. The summed E-state index contributed by atoms with van der Waals surface area (Å²) in [7, 11) is 0. The van der Waals surface area contributed by atoms with Gasteiger partial charge in [-0.2, -0.15) is 0 Å². The van der Waals surface area contributed by atoms with Gasteiger partial charge >= 0.3 is 0 Å². The molecule has 2 aromatic rings. The van der Waals surface area contributed by atoms with E-state index in [0.717, 1.165) is 11.6 Å². The predicted octanol–water partition coefficient (Wildman–Crippen LogP) is 3.55. The topological polar surface area (TPSA) is 55.1 Å². The molecule has 1 amide bonds. The smallest absolute Gasteiger partial charge is 0.251 e. The minimum Gasteiger partial charge on any atom is -0.345 e. The maximum Gasteiger partial charge on any atom is 0.251 e. The molecule has 0 saturated heterocycles. The van der Waals surface area contributed by atoms with E-state index < -0.39 is 17.7 Å². The van der Waals surface area contributed by atoms with Crippen LogP contribution in [0.15, 0.2) is 42.5 Å². The first-order valence-electron chi connectivity index (χ1n) is 7.47. The fraction of sp³-hybridized carbons (Fsp3) is 0.278. The van der Waals surface area contributed by atoms with E-state index in [1.54, 1.807) is 24.3 Å². The lowest BCUT2D eigenvalue weighted by Gasteiger charge is -2.23. The van der Waals surface area contributed by atoms with Crippen molar-refractivity contribution >= 4 is 5.91 Å². The van der Waals surface area contributed by atoms with Crippen LogP contribution in [0.2, 0.25) is 0 Å². The van der Waals surface area contributed by atoms with E-state index in [1.807, 2.05) is 13.8 Å². The third kappa shape index (κ3) is 4.13. The van der Waals surface area contributed by atoms with Crippen LogP contribution < -0.4 is 11.1 Å². The number of rotatable bonds is 5. The van der Waals surface area contributed by atoms with Crippen LogP contribution in [-0.4, -0.2) is 5.91 Å². The standard InChI is InChI=1S/C18H20F2N2O/c1-11(2)17(15-8-7-14(19)9-16(15)20)22-18(23)13-5-3-12(10-21)4-6-13/h3-9,11,17H,10,21H2,1-2H3,(H,22,23). The van der Waals surface area contributed by atoms with Crippen molar-refractivity contribution in [3.8, 4) is 0 Å². The molecule has 0 aliphatic carbocycles. The Balaban J connectivity index is 2.23. The second-order valence-electron chi connectivity index (χ2n) is 5.76. The average molecular weight is 318 g/mol. The van der Waals surface area contributed by atoms with Crippen LogP contribution in [0.3, 0.4) is 0 Å². The molecule has 2 aromatic carbocycles. The Labute approximate surface area is 134 Å². The lowest BCUT2D eigenvalue weighted by molar-refractivity contribution is 0.0924. The molecule has 5 heteroatoms. The number of nitrogens with two attached hydrogens (primary N) is 1. The van der Waals surface area contributed by atoms with E-state index >= 15 is 0 Å². The van der Waals surface area contributed by atoms with E-state index in [-0.39, 0.29) is 17.4 Å². The van der Waals surface area contributed by atoms with Crippen LogP contribution >= 0.6 is 0 Å². The van der Waals surface area contributed by atoms with Gasteiger partial charge in [0.15, 0.2) is 0 Å². The lowest BCUT2D eigenvalue weighted by Crippen LogP contribution is -2.32. The summed E-state index contributed by atoms with van der Waals surface area (Å²) in [5, 5.41) is 2.81. The van der Waals surface area contributed by atoms with Crippen molar-refractivity contribution in [1.82, 2.24) is 5.32 Å². The molecule has 122 valence electrons. The first-order valence-corrected chi connectivity index (χ1v) is 7.47. The fourth-order valence-corrected chi connectivity index (χ4v) is 2.37. The first-order chi connectivity index (χ1) is 10.9. The fourth-order valence-electron chi connectivity index (χ4n) is 2.37.